The molecule has 0 aliphatic carbocycles. The topological polar surface area (TPSA) is 51.1 Å². The second-order valence-corrected chi connectivity index (χ2v) is 7.32. The fourth-order valence-corrected chi connectivity index (χ4v) is 3.85. The number of benzene rings is 3. The maximum Gasteiger partial charge on any atom is 0.325 e. The standard InChI is InChI=1S/C24H21ClN2O3/c1-29-19-10-6-9-17(13-19)24-26-21-12-11-18(25)14-20(21)23(16-7-4-3-5-8-16)27(24)15-22(28)30-2/h3-14,23H,15H2,1-2H3/t23-/m0/s1. The Morgan fingerprint density at radius 3 is 2.57 bits per heavy atom. The average molecular weight is 421 g/mol. The molecule has 0 amide bonds. The Bertz CT molecular complexity index is 1100. The van der Waals surface area contributed by atoms with Crippen LogP contribution in [0.3, 0.4) is 0 Å². The Morgan fingerprint density at radius 1 is 1.03 bits per heavy atom. The number of esters is 1. The molecule has 6 heteroatoms. The van der Waals surface area contributed by atoms with Gasteiger partial charge in [0.15, 0.2) is 0 Å². The Labute approximate surface area is 180 Å². The lowest BCUT2D eigenvalue weighted by atomic mass is 9.93. The fourth-order valence-electron chi connectivity index (χ4n) is 3.67. The normalized spacial score (nSPS) is 15.2. The quantitative estimate of drug-likeness (QED) is 0.545. The molecule has 0 saturated carbocycles. The highest BCUT2D eigenvalue weighted by atomic mass is 35.5. The van der Waals surface area contributed by atoms with Crippen LogP contribution in [0.25, 0.3) is 0 Å². The molecule has 5 nitrogen and oxygen atoms in total. The number of hydrogen-bond acceptors (Lipinski definition) is 5. The molecule has 0 N–H and O–H groups in total. The van der Waals surface area contributed by atoms with Gasteiger partial charge in [0.1, 0.15) is 18.1 Å². The molecule has 30 heavy (non-hydrogen) atoms. The van der Waals surface area contributed by atoms with Gasteiger partial charge in [-0.05, 0) is 35.9 Å². The number of amidine groups is 1. The first-order chi connectivity index (χ1) is 14.6. The zero-order valence-electron chi connectivity index (χ0n) is 16.7. The van der Waals surface area contributed by atoms with Crippen LogP contribution in [0, 0.1) is 0 Å². The molecule has 0 radical (unpaired) electrons. The number of fused-ring (bicyclic) bond motifs is 1. The molecule has 1 aliphatic heterocycles. The molecule has 1 aliphatic rings. The summed E-state index contributed by atoms with van der Waals surface area (Å²) >= 11 is 6.33. The fraction of sp³-hybridized carbons (Fsp3) is 0.167. The zero-order chi connectivity index (χ0) is 21.1. The van der Waals surface area contributed by atoms with E-state index in [1.54, 1.807) is 7.11 Å². The second kappa shape index (κ2) is 8.59. The first-order valence-corrected chi connectivity index (χ1v) is 9.89. The summed E-state index contributed by atoms with van der Waals surface area (Å²) in [6.07, 6.45) is 0. The summed E-state index contributed by atoms with van der Waals surface area (Å²) in [5.74, 6) is 1.03. The van der Waals surface area contributed by atoms with Crippen LogP contribution in [0.2, 0.25) is 5.02 Å². The number of halogens is 1. The van der Waals surface area contributed by atoms with E-state index < -0.39 is 0 Å². The molecule has 1 heterocycles. The van der Waals surface area contributed by atoms with Crippen molar-refractivity contribution in [3.8, 4) is 5.75 Å². The molecule has 0 bridgehead atoms. The summed E-state index contributed by atoms with van der Waals surface area (Å²) in [5, 5.41) is 0.618. The number of ether oxygens (including phenoxy) is 2. The Kier molecular flexibility index (Phi) is 5.72. The van der Waals surface area contributed by atoms with Gasteiger partial charge in [0.05, 0.1) is 25.9 Å². The minimum Gasteiger partial charge on any atom is -0.497 e. The molecule has 1 atom stereocenters. The van der Waals surface area contributed by atoms with Gasteiger partial charge in [-0.2, -0.15) is 0 Å². The van der Waals surface area contributed by atoms with Crippen LogP contribution < -0.4 is 4.74 Å². The number of carbonyl (C=O) groups is 1. The molecule has 0 aromatic heterocycles. The third-order valence-corrected chi connectivity index (χ3v) is 5.30. The van der Waals surface area contributed by atoms with Gasteiger partial charge in [0, 0.05) is 16.1 Å². The van der Waals surface area contributed by atoms with Crippen molar-refractivity contribution >= 4 is 29.1 Å². The number of hydrogen-bond donors (Lipinski definition) is 0. The van der Waals surface area contributed by atoms with Crippen LogP contribution in [0.4, 0.5) is 5.69 Å². The number of methoxy groups -OCH3 is 2. The SMILES string of the molecule is COC(=O)CN1C(c2cccc(OC)c2)=Nc2ccc(Cl)cc2[C@@H]1c1ccccc1. The first kappa shape index (κ1) is 20.0. The maximum atomic E-state index is 12.4. The molecular weight excluding hydrogens is 400 g/mol. The molecule has 152 valence electrons. The maximum absolute atomic E-state index is 12.4. The van der Waals surface area contributed by atoms with Crippen LogP contribution >= 0.6 is 11.6 Å². The van der Waals surface area contributed by atoms with Crippen molar-refractivity contribution in [1.82, 2.24) is 4.90 Å². The Morgan fingerprint density at radius 2 is 1.83 bits per heavy atom. The summed E-state index contributed by atoms with van der Waals surface area (Å²) in [6.45, 7) is 0.0397. The van der Waals surface area contributed by atoms with E-state index in [0.29, 0.717) is 16.6 Å². The van der Waals surface area contributed by atoms with Gasteiger partial charge in [-0.3, -0.25) is 4.79 Å². The van der Waals surface area contributed by atoms with E-state index in [1.165, 1.54) is 7.11 Å². The van der Waals surface area contributed by atoms with Gasteiger partial charge in [0.2, 0.25) is 0 Å². The number of nitrogens with zero attached hydrogens (tertiary/aromatic N) is 2. The number of rotatable bonds is 5. The smallest absolute Gasteiger partial charge is 0.325 e. The molecule has 0 fully saturated rings. The van der Waals surface area contributed by atoms with Crippen molar-refractivity contribution in [2.24, 2.45) is 4.99 Å². The lowest BCUT2D eigenvalue weighted by Crippen LogP contribution is -2.42. The molecule has 0 unspecified atom stereocenters. The highest BCUT2D eigenvalue weighted by molar-refractivity contribution is 6.30. The monoisotopic (exact) mass is 420 g/mol. The van der Waals surface area contributed by atoms with Gasteiger partial charge in [-0.15, -0.1) is 0 Å². The lowest BCUT2D eigenvalue weighted by Gasteiger charge is -2.38. The van der Waals surface area contributed by atoms with E-state index in [-0.39, 0.29) is 18.6 Å². The lowest BCUT2D eigenvalue weighted by molar-refractivity contribution is -0.141. The second-order valence-electron chi connectivity index (χ2n) is 6.89. The average Bonchev–Trinajstić information content (AvgIpc) is 2.79. The minimum atomic E-state index is -0.350. The predicted octanol–water partition coefficient (Wildman–Crippen LogP) is 5.00. The number of carbonyl (C=O) groups excluding carboxylic acids is 1. The summed E-state index contributed by atoms with van der Waals surface area (Å²) in [4.78, 5) is 19.2. The largest absolute Gasteiger partial charge is 0.497 e. The molecule has 3 aromatic rings. The van der Waals surface area contributed by atoms with E-state index in [2.05, 4.69) is 0 Å². The first-order valence-electron chi connectivity index (χ1n) is 9.51. The molecule has 3 aromatic carbocycles. The van der Waals surface area contributed by atoms with E-state index in [0.717, 1.165) is 22.4 Å². The summed E-state index contributed by atoms with van der Waals surface area (Å²) in [5.41, 5.74) is 3.62. The van der Waals surface area contributed by atoms with Gasteiger partial charge < -0.3 is 14.4 Å². The molecule has 0 saturated heterocycles. The number of aliphatic imine (C=N–C) groups is 1. The van der Waals surface area contributed by atoms with E-state index in [1.807, 2.05) is 77.7 Å². The predicted molar refractivity (Wildman–Crippen MR) is 118 cm³/mol. The van der Waals surface area contributed by atoms with Crippen molar-refractivity contribution in [2.75, 3.05) is 20.8 Å². The van der Waals surface area contributed by atoms with Gasteiger partial charge >= 0.3 is 5.97 Å². The summed E-state index contributed by atoms with van der Waals surface area (Å²) in [7, 11) is 3.01. The van der Waals surface area contributed by atoms with Crippen LogP contribution in [0.5, 0.6) is 5.75 Å². The van der Waals surface area contributed by atoms with Crippen molar-refractivity contribution in [1.29, 1.82) is 0 Å². The van der Waals surface area contributed by atoms with Gasteiger partial charge in [0.25, 0.3) is 0 Å². The van der Waals surface area contributed by atoms with Crippen molar-refractivity contribution in [2.45, 2.75) is 6.04 Å². The summed E-state index contributed by atoms with van der Waals surface area (Å²) < 4.78 is 10.4. The molecular formula is C24H21ClN2O3. The third kappa shape index (κ3) is 3.89. The van der Waals surface area contributed by atoms with Crippen LogP contribution in [-0.4, -0.2) is 37.5 Å². The van der Waals surface area contributed by atoms with E-state index >= 15 is 0 Å². The Balaban J connectivity index is 1.94. The van der Waals surface area contributed by atoms with E-state index in [4.69, 9.17) is 26.1 Å². The highest BCUT2D eigenvalue weighted by Crippen LogP contribution is 2.41. The molecule has 0 spiro atoms. The minimum absolute atomic E-state index is 0.0397. The van der Waals surface area contributed by atoms with Gasteiger partial charge in [-0.25, -0.2) is 4.99 Å². The van der Waals surface area contributed by atoms with E-state index in [9.17, 15) is 4.79 Å². The van der Waals surface area contributed by atoms with Crippen LogP contribution in [0.1, 0.15) is 22.7 Å². The van der Waals surface area contributed by atoms with Gasteiger partial charge in [-0.1, -0.05) is 54.1 Å². The molecule has 4 rings (SSSR count). The van der Waals surface area contributed by atoms with Crippen molar-refractivity contribution in [3.05, 3.63) is 94.5 Å². The Hall–Kier alpha value is -3.31. The van der Waals surface area contributed by atoms with Crippen LogP contribution in [-0.2, 0) is 9.53 Å². The zero-order valence-corrected chi connectivity index (χ0v) is 17.5. The highest BCUT2D eigenvalue weighted by Gasteiger charge is 2.33. The summed E-state index contributed by atoms with van der Waals surface area (Å²) in [6, 6.07) is 23.0. The van der Waals surface area contributed by atoms with Crippen molar-refractivity contribution < 1.29 is 14.3 Å². The van der Waals surface area contributed by atoms with Crippen LogP contribution in [0.15, 0.2) is 77.8 Å². The third-order valence-electron chi connectivity index (χ3n) is 5.06. The van der Waals surface area contributed by atoms with Crippen molar-refractivity contribution in [3.63, 3.8) is 0 Å².